The zero-order valence-electron chi connectivity index (χ0n) is 6.18. The van der Waals surface area contributed by atoms with Crippen LogP contribution >= 0.6 is 11.6 Å². The van der Waals surface area contributed by atoms with Crippen molar-refractivity contribution in [3.05, 3.63) is 41.0 Å². The summed E-state index contributed by atoms with van der Waals surface area (Å²) in [5.74, 6) is 0.661. The highest BCUT2D eigenvalue weighted by Gasteiger charge is 2.09. The van der Waals surface area contributed by atoms with E-state index in [0.29, 0.717) is 5.88 Å². The Morgan fingerprint density at radius 3 is 2.82 bits per heavy atom. The SMILES string of the molecule is ClCC1=Cc2ccccc2C1. The van der Waals surface area contributed by atoms with Crippen molar-refractivity contribution in [3.8, 4) is 0 Å². The monoisotopic (exact) mass is 164 g/mol. The predicted molar refractivity (Wildman–Crippen MR) is 48.8 cm³/mol. The summed E-state index contributed by atoms with van der Waals surface area (Å²) in [4.78, 5) is 0. The summed E-state index contributed by atoms with van der Waals surface area (Å²) in [6.45, 7) is 0. The van der Waals surface area contributed by atoms with Crippen LogP contribution in [0.4, 0.5) is 0 Å². The molecular weight excluding hydrogens is 156 g/mol. The van der Waals surface area contributed by atoms with Gasteiger partial charge in [-0.25, -0.2) is 0 Å². The van der Waals surface area contributed by atoms with E-state index in [1.807, 2.05) is 0 Å². The van der Waals surface area contributed by atoms with Gasteiger partial charge in [0.05, 0.1) is 0 Å². The lowest BCUT2D eigenvalue weighted by molar-refractivity contribution is 1.20. The number of allylic oxidation sites excluding steroid dienone is 1. The van der Waals surface area contributed by atoms with Crippen LogP contribution in [0.5, 0.6) is 0 Å². The summed E-state index contributed by atoms with van der Waals surface area (Å²) in [6.07, 6.45) is 3.22. The van der Waals surface area contributed by atoms with Crippen molar-refractivity contribution >= 4 is 17.7 Å². The molecule has 1 aliphatic carbocycles. The van der Waals surface area contributed by atoms with Gasteiger partial charge in [0.15, 0.2) is 0 Å². The largest absolute Gasteiger partial charge is 0.122 e. The maximum Gasteiger partial charge on any atom is 0.0440 e. The fourth-order valence-electron chi connectivity index (χ4n) is 1.44. The highest BCUT2D eigenvalue weighted by Crippen LogP contribution is 2.24. The van der Waals surface area contributed by atoms with E-state index in [1.54, 1.807) is 0 Å². The molecule has 1 aliphatic rings. The van der Waals surface area contributed by atoms with Crippen molar-refractivity contribution in [1.29, 1.82) is 0 Å². The molecule has 0 atom stereocenters. The van der Waals surface area contributed by atoms with Gasteiger partial charge in [-0.2, -0.15) is 0 Å². The van der Waals surface area contributed by atoms with Gasteiger partial charge < -0.3 is 0 Å². The van der Waals surface area contributed by atoms with Crippen molar-refractivity contribution in [2.75, 3.05) is 5.88 Å². The number of rotatable bonds is 1. The first-order valence-electron chi connectivity index (χ1n) is 3.73. The van der Waals surface area contributed by atoms with E-state index < -0.39 is 0 Å². The molecule has 1 heteroatoms. The molecular formula is C10H9Cl. The van der Waals surface area contributed by atoms with Crippen LogP contribution in [0.1, 0.15) is 11.1 Å². The van der Waals surface area contributed by atoms with E-state index in [0.717, 1.165) is 6.42 Å². The summed E-state index contributed by atoms with van der Waals surface area (Å²) in [6, 6.07) is 8.43. The first kappa shape index (κ1) is 6.93. The zero-order valence-corrected chi connectivity index (χ0v) is 6.93. The predicted octanol–water partition coefficient (Wildman–Crippen LogP) is 2.86. The van der Waals surface area contributed by atoms with Gasteiger partial charge >= 0.3 is 0 Å². The summed E-state index contributed by atoms with van der Waals surface area (Å²) in [5, 5.41) is 0. The Labute approximate surface area is 71.5 Å². The topological polar surface area (TPSA) is 0 Å². The smallest absolute Gasteiger partial charge is 0.0440 e. The standard InChI is InChI=1S/C10H9Cl/c11-7-8-5-9-3-1-2-4-10(9)6-8/h1-5H,6-7H2. The Morgan fingerprint density at radius 2 is 2.09 bits per heavy atom. The Hall–Kier alpha value is -0.750. The highest BCUT2D eigenvalue weighted by atomic mass is 35.5. The van der Waals surface area contributed by atoms with Gasteiger partial charge in [-0.1, -0.05) is 35.9 Å². The molecule has 0 bridgehead atoms. The van der Waals surface area contributed by atoms with E-state index in [9.17, 15) is 0 Å². The molecule has 2 rings (SSSR count). The van der Waals surface area contributed by atoms with E-state index in [2.05, 4.69) is 30.3 Å². The molecule has 0 fully saturated rings. The number of alkyl halides is 1. The molecule has 0 radical (unpaired) electrons. The van der Waals surface area contributed by atoms with Crippen molar-refractivity contribution in [1.82, 2.24) is 0 Å². The van der Waals surface area contributed by atoms with Gasteiger partial charge in [0, 0.05) is 5.88 Å². The van der Waals surface area contributed by atoms with Crippen molar-refractivity contribution in [2.24, 2.45) is 0 Å². The van der Waals surface area contributed by atoms with Gasteiger partial charge in [-0.15, -0.1) is 11.6 Å². The van der Waals surface area contributed by atoms with Crippen molar-refractivity contribution in [3.63, 3.8) is 0 Å². The molecule has 0 aliphatic heterocycles. The van der Waals surface area contributed by atoms with Crippen molar-refractivity contribution < 1.29 is 0 Å². The highest BCUT2D eigenvalue weighted by molar-refractivity contribution is 6.20. The number of halogens is 1. The Bertz CT molecular complexity index is 299. The quantitative estimate of drug-likeness (QED) is 0.560. The molecule has 0 nitrogen and oxygen atoms in total. The van der Waals surface area contributed by atoms with Gasteiger partial charge in [0.2, 0.25) is 0 Å². The van der Waals surface area contributed by atoms with Crippen LogP contribution in [0.2, 0.25) is 0 Å². The fourth-order valence-corrected chi connectivity index (χ4v) is 1.61. The molecule has 0 saturated carbocycles. The van der Waals surface area contributed by atoms with Gasteiger partial charge in [-0.05, 0) is 17.5 Å². The van der Waals surface area contributed by atoms with Crippen LogP contribution in [-0.2, 0) is 6.42 Å². The molecule has 0 aromatic heterocycles. The normalized spacial score (nSPS) is 14.5. The van der Waals surface area contributed by atoms with Gasteiger partial charge in [-0.3, -0.25) is 0 Å². The van der Waals surface area contributed by atoms with Crippen LogP contribution in [0, 0.1) is 0 Å². The molecule has 1 aromatic carbocycles. The van der Waals surface area contributed by atoms with Gasteiger partial charge in [0.1, 0.15) is 0 Å². The van der Waals surface area contributed by atoms with Crippen LogP contribution in [0.3, 0.4) is 0 Å². The second-order valence-corrected chi connectivity index (χ2v) is 3.08. The average molecular weight is 165 g/mol. The minimum atomic E-state index is 0.661. The number of benzene rings is 1. The summed E-state index contributed by atoms with van der Waals surface area (Å²) in [5.41, 5.74) is 4.07. The minimum absolute atomic E-state index is 0.661. The fraction of sp³-hybridized carbons (Fsp3) is 0.200. The lowest BCUT2D eigenvalue weighted by Gasteiger charge is -1.94. The van der Waals surface area contributed by atoms with E-state index in [-0.39, 0.29) is 0 Å². The summed E-state index contributed by atoms with van der Waals surface area (Å²) >= 11 is 5.73. The molecule has 1 aromatic rings. The van der Waals surface area contributed by atoms with E-state index in [1.165, 1.54) is 16.7 Å². The van der Waals surface area contributed by atoms with Crippen LogP contribution in [0.25, 0.3) is 6.08 Å². The lowest BCUT2D eigenvalue weighted by Crippen LogP contribution is -1.84. The first-order chi connectivity index (χ1) is 5.40. The summed E-state index contributed by atoms with van der Waals surface area (Å²) in [7, 11) is 0. The van der Waals surface area contributed by atoms with E-state index in [4.69, 9.17) is 11.6 Å². The number of hydrogen-bond acceptors (Lipinski definition) is 0. The Balaban J connectivity index is 2.39. The molecule has 11 heavy (non-hydrogen) atoms. The molecule has 0 saturated heterocycles. The third kappa shape index (κ3) is 1.19. The van der Waals surface area contributed by atoms with Crippen molar-refractivity contribution in [2.45, 2.75) is 6.42 Å². The first-order valence-corrected chi connectivity index (χ1v) is 4.27. The minimum Gasteiger partial charge on any atom is -0.122 e. The zero-order chi connectivity index (χ0) is 7.68. The number of hydrogen-bond donors (Lipinski definition) is 0. The second kappa shape index (κ2) is 2.71. The number of fused-ring (bicyclic) bond motifs is 1. The average Bonchev–Trinajstić information content (AvgIpc) is 2.46. The maximum absolute atomic E-state index is 5.73. The molecule has 0 unspecified atom stereocenters. The van der Waals surface area contributed by atoms with Crippen LogP contribution in [-0.4, -0.2) is 5.88 Å². The Morgan fingerprint density at radius 1 is 1.27 bits per heavy atom. The van der Waals surface area contributed by atoms with E-state index >= 15 is 0 Å². The Kier molecular flexibility index (Phi) is 1.71. The molecule has 0 spiro atoms. The second-order valence-electron chi connectivity index (χ2n) is 2.81. The molecule has 0 N–H and O–H groups in total. The molecule has 0 heterocycles. The van der Waals surface area contributed by atoms with Gasteiger partial charge in [0.25, 0.3) is 0 Å². The third-order valence-corrected chi connectivity index (χ3v) is 2.35. The third-order valence-electron chi connectivity index (χ3n) is 2.00. The summed E-state index contributed by atoms with van der Waals surface area (Å²) < 4.78 is 0. The van der Waals surface area contributed by atoms with Crippen LogP contribution in [0.15, 0.2) is 29.8 Å². The lowest BCUT2D eigenvalue weighted by atomic mass is 10.1. The van der Waals surface area contributed by atoms with Crippen LogP contribution < -0.4 is 0 Å². The maximum atomic E-state index is 5.73. The molecule has 56 valence electrons. The molecule has 0 amide bonds.